The number of aromatic nitrogens is 4. The number of phosphoric acid groups is 3. The molecule has 0 radical (unpaired) electrons. The number of ether oxygens (including phenoxy) is 2. The van der Waals surface area contributed by atoms with Gasteiger partial charge in [-0.25, -0.2) is 13.6 Å². The molecule has 34 heavy (non-hydrogen) atoms. The van der Waals surface area contributed by atoms with Gasteiger partial charge in [0, 0.05) is 6.42 Å². The van der Waals surface area contributed by atoms with Crippen LogP contribution in [0.2, 0.25) is 0 Å². The van der Waals surface area contributed by atoms with E-state index in [1.54, 1.807) is 0 Å². The minimum absolute atomic E-state index is 0.0343. The van der Waals surface area contributed by atoms with Crippen molar-refractivity contribution in [1.29, 1.82) is 0 Å². The highest BCUT2D eigenvalue weighted by molar-refractivity contribution is 7.65. The van der Waals surface area contributed by atoms with E-state index in [1.165, 1.54) is 10.9 Å². The number of nitrogens with zero attached hydrogens (tertiary/aromatic N) is 3. The fraction of sp³-hybridized carbons (Fsp3) is 0.462. The van der Waals surface area contributed by atoms with Gasteiger partial charge in [-0.1, -0.05) is 5.92 Å². The van der Waals surface area contributed by atoms with E-state index in [2.05, 4.69) is 34.0 Å². The van der Waals surface area contributed by atoms with Gasteiger partial charge >= 0.3 is 0 Å². The molecule has 0 bridgehead atoms. The number of nitrogen functional groups attached to an aromatic ring is 1. The quantitative estimate of drug-likeness (QED) is 0.206. The van der Waals surface area contributed by atoms with Crippen molar-refractivity contribution in [1.82, 2.24) is 19.5 Å². The largest absolute Gasteiger partial charge is 0.756 e. The van der Waals surface area contributed by atoms with E-state index >= 15 is 0 Å². The summed E-state index contributed by atoms with van der Waals surface area (Å²) in [5, 5.41) is 0. The highest BCUT2D eigenvalue weighted by Gasteiger charge is 2.39. The molecule has 3 heterocycles. The Labute approximate surface area is 189 Å². The number of hydrogen-bond donors (Lipinski definition) is 3. The van der Waals surface area contributed by atoms with Crippen molar-refractivity contribution in [2.24, 2.45) is 0 Å². The highest BCUT2D eigenvalue weighted by Crippen LogP contribution is 2.61. The molecule has 2 aromatic heterocycles. The first-order valence-electron chi connectivity index (χ1n) is 8.85. The summed E-state index contributed by atoms with van der Waals surface area (Å²) in [6, 6.07) is 0. The fourth-order valence-electron chi connectivity index (χ4n) is 2.96. The van der Waals surface area contributed by atoms with Crippen LogP contribution in [-0.2, 0) is 36.3 Å². The molecule has 0 aliphatic carbocycles. The first-order chi connectivity index (χ1) is 15.7. The van der Waals surface area contributed by atoms with Gasteiger partial charge in [0.25, 0.3) is 29.0 Å². The van der Waals surface area contributed by atoms with Crippen LogP contribution in [0.5, 0.6) is 0 Å². The van der Waals surface area contributed by atoms with Crippen molar-refractivity contribution in [2.75, 3.05) is 18.9 Å². The predicted octanol–water partition coefficient (Wildman–Crippen LogP) is -2.54. The molecule has 4 N–H and O–H groups in total. The topological polar surface area (TPSA) is 276 Å². The maximum atomic E-state index is 12.0. The molecule has 0 spiro atoms. The summed E-state index contributed by atoms with van der Waals surface area (Å²) >= 11 is 0. The molecule has 3 rings (SSSR count). The molecule has 0 aromatic carbocycles. The molecular weight excluding hydrogens is 527 g/mol. The molecule has 0 saturated carbocycles. The van der Waals surface area contributed by atoms with Gasteiger partial charge < -0.3 is 39.3 Å². The standard InChI is InChI=1S/C13H18N5O13P3/c1-2-3-27-7-4-9(18-6-15-10-11(18)16-13(14)17-12(10)19)29-8(7)5-28-33(23,24)31-34(25,26)30-32(20,21)22/h1,6-9H,3-5H2,(H,23,24)(H,25,26)(H2,20,21,22)(H3,14,16,17,19)/p-3/t7?,8-,9-/m1/s1. The van der Waals surface area contributed by atoms with E-state index in [-0.39, 0.29) is 30.1 Å². The van der Waals surface area contributed by atoms with Crippen molar-refractivity contribution in [2.45, 2.75) is 24.9 Å². The molecular formula is C13H15N5O13P3-3. The predicted molar refractivity (Wildman–Crippen MR) is 103 cm³/mol. The smallest absolute Gasteiger partial charge is 0.280 e. The Bertz CT molecular complexity index is 1300. The maximum Gasteiger partial charge on any atom is 0.280 e. The maximum absolute atomic E-state index is 12.0. The van der Waals surface area contributed by atoms with E-state index in [1.807, 2.05) is 0 Å². The zero-order valence-electron chi connectivity index (χ0n) is 16.6. The van der Waals surface area contributed by atoms with Crippen molar-refractivity contribution in [3.05, 3.63) is 16.7 Å². The first kappa shape index (κ1) is 26.6. The van der Waals surface area contributed by atoms with Gasteiger partial charge in [-0.2, -0.15) is 4.98 Å². The third-order valence-electron chi connectivity index (χ3n) is 4.12. The average molecular weight is 542 g/mol. The van der Waals surface area contributed by atoms with Crippen LogP contribution in [0.3, 0.4) is 0 Å². The third kappa shape index (κ3) is 6.80. The van der Waals surface area contributed by atoms with Crippen LogP contribution in [0, 0.1) is 12.3 Å². The number of nitrogens with one attached hydrogen (secondary N) is 1. The number of H-pyrrole nitrogens is 1. The highest BCUT2D eigenvalue weighted by atomic mass is 31.3. The van der Waals surface area contributed by atoms with Crippen LogP contribution >= 0.6 is 23.5 Å². The number of fused-ring (bicyclic) bond motifs is 1. The van der Waals surface area contributed by atoms with Crippen LogP contribution in [0.1, 0.15) is 12.6 Å². The second kappa shape index (κ2) is 9.96. The van der Waals surface area contributed by atoms with Crippen LogP contribution in [0.25, 0.3) is 11.2 Å². The van der Waals surface area contributed by atoms with Gasteiger partial charge in [-0.3, -0.25) is 28.0 Å². The number of phosphoric ester groups is 1. The Morgan fingerprint density at radius 1 is 1.32 bits per heavy atom. The first-order valence-corrected chi connectivity index (χ1v) is 13.3. The number of aromatic amines is 1. The summed E-state index contributed by atoms with van der Waals surface area (Å²) in [5.41, 5.74) is 4.94. The minimum Gasteiger partial charge on any atom is -0.756 e. The Morgan fingerprint density at radius 2 is 2.03 bits per heavy atom. The third-order valence-corrected chi connectivity index (χ3v) is 7.81. The van der Waals surface area contributed by atoms with Crippen molar-refractivity contribution in [3.63, 3.8) is 0 Å². The van der Waals surface area contributed by atoms with Gasteiger partial charge in [0.15, 0.2) is 11.2 Å². The molecule has 0 amide bonds. The number of terminal acetylenes is 1. The van der Waals surface area contributed by atoms with E-state index in [9.17, 15) is 33.2 Å². The summed E-state index contributed by atoms with van der Waals surface area (Å²) in [6.45, 7) is -1.08. The van der Waals surface area contributed by atoms with Gasteiger partial charge in [0.2, 0.25) is 5.95 Å². The van der Waals surface area contributed by atoms with Crippen LogP contribution in [0.15, 0.2) is 11.1 Å². The zero-order valence-corrected chi connectivity index (χ0v) is 19.3. The molecule has 1 saturated heterocycles. The van der Waals surface area contributed by atoms with Gasteiger partial charge in [0.05, 0.1) is 19.0 Å². The Hall–Kier alpha value is -1.96. The molecule has 21 heteroatoms. The van der Waals surface area contributed by atoms with Crippen LogP contribution < -0.4 is 26.0 Å². The lowest BCUT2D eigenvalue weighted by Gasteiger charge is -2.33. The lowest BCUT2D eigenvalue weighted by Crippen LogP contribution is -2.30. The molecule has 6 atom stereocenters. The van der Waals surface area contributed by atoms with Crippen LogP contribution in [-0.4, -0.2) is 49.8 Å². The van der Waals surface area contributed by atoms with E-state index < -0.39 is 54.1 Å². The van der Waals surface area contributed by atoms with Crippen LogP contribution in [0.4, 0.5) is 5.95 Å². The zero-order chi connectivity index (χ0) is 25.3. The van der Waals surface area contributed by atoms with Gasteiger partial charge in [-0.05, 0) is 0 Å². The molecule has 188 valence electrons. The lowest BCUT2D eigenvalue weighted by atomic mass is 10.2. The number of rotatable bonds is 10. The van der Waals surface area contributed by atoms with Crippen molar-refractivity contribution >= 4 is 40.6 Å². The second-order valence-electron chi connectivity index (χ2n) is 6.52. The number of hydrogen-bond acceptors (Lipinski definition) is 15. The number of nitrogens with two attached hydrogens (primary N) is 1. The second-order valence-corrected chi connectivity index (χ2v) is 10.8. The van der Waals surface area contributed by atoms with Crippen molar-refractivity contribution < 1.29 is 55.9 Å². The lowest BCUT2D eigenvalue weighted by molar-refractivity contribution is -0.250. The minimum atomic E-state index is -6.06. The summed E-state index contributed by atoms with van der Waals surface area (Å²) in [4.78, 5) is 64.2. The number of imidazole rings is 1. The van der Waals surface area contributed by atoms with Gasteiger partial charge in [-0.15, -0.1) is 6.42 Å². The van der Waals surface area contributed by atoms with E-state index in [0.29, 0.717) is 0 Å². The summed E-state index contributed by atoms with van der Waals surface area (Å²) in [7, 11) is -17.7. The van der Waals surface area contributed by atoms with Gasteiger partial charge in [0.1, 0.15) is 18.9 Å². The fourth-order valence-corrected chi connectivity index (χ4v) is 5.85. The molecule has 1 fully saturated rings. The SMILES string of the molecule is C#CCOC1C[C@H](n2cnc3c(=O)[nH]c(N)nc32)O[C@@H]1COP(=O)([O-])OP(=O)([O-])OP(=O)([O-])O. The molecule has 1 aliphatic rings. The average Bonchev–Trinajstić information content (AvgIpc) is 3.25. The summed E-state index contributed by atoms with van der Waals surface area (Å²) in [5.74, 6) is 2.01. The molecule has 2 aromatic rings. The Morgan fingerprint density at radius 3 is 2.68 bits per heavy atom. The Balaban J connectivity index is 1.75. The summed E-state index contributed by atoms with van der Waals surface area (Å²) < 4.78 is 57.3. The van der Waals surface area contributed by atoms with Crippen molar-refractivity contribution in [3.8, 4) is 12.3 Å². The normalized spacial score (nSPS) is 25.9. The Kier molecular flexibility index (Phi) is 7.80. The summed E-state index contributed by atoms with van der Waals surface area (Å²) in [6.07, 6.45) is 3.42. The van der Waals surface area contributed by atoms with E-state index in [4.69, 9.17) is 26.5 Å². The van der Waals surface area contributed by atoms with E-state index in [0.717, 1.165) is 0 Å². The number of anilines is 1. The molecule has 4 unspecified atom stereocenters. The molecule has 18 nitrogen and oxygen atoms in total. The monoisotopic (exact) mass is 542 g/mol. The molecule has 1 aliphatic heterocycles.